The van der Waals surface area contributed by atoms with Crippen LogP contribution in [0.5, 0.6) is 5.75 Å². The second-order valence-electron chi connectivity index (χ2n) is 16.8. The SMILES string of the molecule is Cc1cc(O[C@@H]2C[C@H]3C(=O)N[C@]4(C(=O)NS(=O)(=O)C5(C)CC5)C[C@H]4C=CCC[C@@H](C)C[C@@H](C)[C@H](N(C(=O)O)C(C)(C)C(F)(F)F)C(=O)N3C2)cc(-c2cncs2)n1. The number of rotatable bonds is 8. The van der Waals surface area contributed by atoms with E-state index in [1.807, 2.05) is 13.0 Å². The van der Waals surface area contributed by atoms with Gasteiger partial charge in [0, 0.05) is 36.4 Å². The van der Waals surface area contributed by atoms with Crippen LogP contribution >= 0.6 is 11.3 Å². The summed E-state index contributed by atoms with van der Waals surface area (Å²) in [4.78, 5) is 66.9. The molecule has 14 nitrogen and oxygen atoms in total. The molecule has 57 heavy (non-hydrogen) atoms. The molecular weight excluding hydrogens is 790 g/mol. The molecule has 0 spiro atoms. The average molecular weight is 839 g/mol. The number of hydrogen-bond donors (Lipinski definition) is 3. The summed E-state index contributed by atoms with van der Waals surface area (Å²) in [5.74, 6) is -4.20. The lowest BCUT2D eigenvalue weighted by atomic mass is 9.85. The van der Waals surface area contributed by atoms with Crippen LogP contribution in [0.15, 0.2) is 36.0 Å². The van der Waals surface area contributed by atoms with Gasteiger partial charge in [0.25, 0.3) is 5.91 Å². The molecule has 2 aromatic rings. The first-order valence-electron chi connectivity index (χ1n) is 19.0. The summed E-state index contributed by atoms with van der Waals surface area (Å²) in [6, 6.07) is -0.0217. The van der Waals surface area contributed by atoms with Gasteiger partial charge in [-0.15, -0.1) is 11.3 Å². The van der Waals surface area contributed by atoms with Crippen molar-refractivity contribution in [3.8, 4) is 16.3 Å². The van der Waals surface area contributed by atoms with Crippen molar-refractivity contribution in [2.75, 3.05) is 6.54 Å². The van der Waals surface area contributed by atoms with Crippen LogP contribution in [-0.2, 0) is 24.4 Å². The number of nitrogens with zero attached hydrogens (tertiary/aromatic N) is 4. The fourth-order valence-electron chi connectivity index (χ4n) is 7.95. The highest BCUT2D eigenvalue weighted by Gasteiger charge is 2.64. The van der Waals surface area contributed by atoms with Crippen LogP contribution in [-0.4, -0.2) is 104 Å². The van der Waals surface area contributed by atoms with Gasteiger partial charge < -0.3 is 20.1 Å². The smallest absolute Gasteiger partial charge is 0.411 e. The minimum absolute atomic E-state index is 0.0618. The van der Waals surface area contributed by atoms with Gasteiger partial charge in [-0.05, 0) is 78.1 Å². The number of nitrogens with one attached hydrogen (secondary N) is 2. The topological polar surface area (TPSA) is 188 Å². The summed E-state index contributed by atoms with van der Waals surface area (Å²) in [5, 5.41) is 13.2. The maximum absolute atomic E-state index is 15.0. The van der Waals surface area contributed by atoms with Crippen LogP contribution in [0.3, 0.4) is 0 Å². The number of carbonyl (C=O) groups is 4. The molecule has 2 aliphatic carbocycles. The highest BCUT2D eigenvalue weighted by atomic mass is 32.2. The Balaban J connectivity index is 1.41. The van der Waals surface area contributed by atoms with Gasteiger partial charge in [-0.2, -0.15) is 13.2 Å². The van der Waals surface area contributed by atoms with E-state index in [0.29, 0.717) is 56.7 Å². The van der Waals surface area contributed by atoms with Gasteiger partial charge >= 0.3 is 12.3 Å². The minimum atomic E-state index is -5.08. The maximum Gasteiger partial charge on any atom is 0.411 e. The first-order valence-corrected chi connectivity index (χ1v) is 21.3. The van der Waals surface area contributed by atoms with Gasteiger partial charge in [0.15, 0.2) is 0 Å². The molecule has 4 amide bonds. The number of carboxylic acid groups (broad SMARTS) is 1. The van der Waals surface area contributed by atoms with Crippen molar-refractivity contribution in [1.82, 2.24) is 29.8 Å². The molecular formula is C38H49F3N6O8S2. The largest absolute Gasteiger partial charge is 0.488 e. The van der Waals surface area contributed by atoms with Crippen molar-refractivity contribution in [3.63, 3.8) is 0 Å². The van der Waals surface area contributed by atoms with Crippen LogP contribution in [0.4, 0.5) is 18.0 Å². The number of hydrogen-bond acceptors (Lipinski definition) is 10. The molecule has 19 heteroatoms. The molecule has 0 unspecified atom stereocenters. The summed E-state index contributed by atoms with van der Waals surface area (Å²) in [7, 11) is -4.11. The molecule has 2 aliphatic heterocycles. The molecule has 4 heterocycles. The van der Waals surface area contributed by atoms with Gasteiger partial charge in [-0.25, -0.2) is 13.2 Å². The number of thiazole rings is 1. The molecule has 1 saturated heterocycles. The Bertz CT molecular complexity index is 2040. The molecule has 2 aromatic heterocycles. The molecule has 312 valence electrons. The fraction of sp³-hybridized carbons (Fsp3) is 0.632. The Labute approximate surface area is 333 Å². The van der Waals surface area contributed by atoms with E-state index in [1.165, 1.54) is 25.2 Å². The number of allylic oxidation sites excluding steroid dienone is 1. The zero-order chi connectivity index (χ0) is 41.9. The predicted octanol–water partition coefficient (Wildman–Crippen LogP) is 5.44. The molecule has 0 bridgehead atoms. The number of pyridine rings is 1. The third-order valence-corrected chi connectivity index (χ3v) is 14.9. The molecule has 0 aromatic carbocycles. The second-order valence-corrected chi connectivity index (χ2v) is 19.9. The predicted molar refractivity (Wildman–Crippen MR) is 203 cm³/mol. The summed E-state index contributed by atoms with van der Waals surface area (Å²) >= 11 is 1.35. The first-order chi connectivity index (χ1) is 26.5. The molecule has 7 atom stereocenters. The number of halogens is 3. The Morgan fingerprint density at radius 3 is 2.47 bits per heavy atom. The number of sulfonamides is 1. The number of ether oxygens (including phenoxy) is 1. The fourth-order valence-corrected chi connectivity index (χ4v) is 9.84. The number of amides is 4. The average Bonchev–Trinajstić information content (AvgIpc) is 3.85. The van der Waals surface area contributed by atoms with Gasteiger partial charge in [-0.3, -0.25) is 34.0 Å². The van der Waals surface area contributed by atoms with E-state index in [1.54, 1.807) is 36.8 Å². The van der Waals surface area contributed by atoms with E-state index in [9.17, 15) is 45.9 Å². The number of aromatic nitrogens is 2. The lowest BCUT2D eigenvalue weighted by Gasteiger charge is -2.45. The molecule has 4 aliphatic rings. The zero-order valence-electron chi connectivity index (χ0n) is 32.6. The van der Waals surface area contributed by atoms with Crippen LogP contribution in [0.1, 0.15) is 85.3 Å². The van der Waals surface area contributed by atoms with Gasteiger partial charge in [-0.1, -0.05) is 26.0 Å². The molecule has 2 saturated carbocycles. The maximum atomic E-state index is 15.0. The highest BCUT2D eigenvalue weighted by molar-refractivity contribution is 7.91. The van der Waals surface area contributed by atoms with Crippen LogP contribution < -0.4 is 14.8 Å². The van der Waals surface area contributed by atoms with Crippen LogP contribution in [0.25, 0.3) is 10.6 Å². The summed E-state index contributed by atoms with van der Waals surface area (Å²) in [6.07, 6.45) is -1.02. The Morgan fingerprint density at radius 2 is 1.86 bits per heavy atom. The molecule has 3 fully saturated rings. The Kier molecular flexibility index (Phi) is 11.3. The summed E-state index contributed by atoms with van der Waals surface area (Å²) in [6.45, 7) is 7.73. The van der Waals surface area contributed by atoms with Gasteiger partial charge in [0.2, 0.25) is 21.8 Å². The van der Waals surface area contributed by atoms with Crippen LogP contribution in [0, 0.1) is 24.7 Å². The number of alkyl halides is 3. The third-order valence-electron chi connectivity index (χ3n) is 11.9. The van der Waals surface area contributed by atoms with Crippen molar-refractivity contribution >= 4 is 45.2 Å². The standard InChI is InChI=1S/C38H49F3N6O8S2/c1-21-9-7-8-10-24-17-37(24,33(50)45-57(53,54)36(6)11-12-36)44-31(48)28-16-26(55-25-14-23(3)43-27(15-25)29-18-42-20-56-29)19-46(28)32(49)30(22(2)13-21)47(34(51)52)35(4,5)38(39,40)41/h8,10,14-15,18,20-22,24,26,28,30H,7,9,11-13,16-17,19H2,1-6H3,(H,44,48)(H,45,50)(H,51,52)/t21-,22-,24-,26-,28+,30+,37-/m1/s1. The lowest BCUT2D eigenvalue weighted by molar-refractivity contribution is -0.222. The van der Waals surface area contributed by atoms with Gasteiger partial charge in [0.1, 0.15) is 35.0 Å². The quantitative estimate of drug-likeness (QED) is 0.289. The van der Waals surface area contributed by atoms with E-state index in [-0.39, 0.29) is 36.6 Å². The Morgan fingerprint density at radius 1 is 1.16 bits per heavy atom. The minimum Gasteiger partial charge on any atom is -0.488 e. The van der Waals surface area contributed by atoms with Crippen molar-refractivity contribution in [3.05, 3.63) is 41.7 Å². The van der Waals surface area contributed by atoms with Crippen molar-refractivity contribution in [2.24, 2.45) is 17.8 Å². The molecule has 6 rings (SSSR count). The van der Waals surface area contributed by atoms with E-state index in [4.69, 9.17) is 4.74 Å². The normalized spacial score (nSPS) is 29.2. The van der Waals surface area contributed by atoms with E-state index >= 15 is 0 Å². The highest BCUT2D eigenvalue weighted by Crippen LogP contribution is 2.48. The van der Waals surface area contributed by atoms with Crippen LogP contribution in [0.2, 0.25) is 0 Å². The molecule has 3 N–H and O–H groups in total. The monoisotopic (exact) mass is 838 g/mol. The number of aryl methyl sites for hydroxylation is 1. The zero-order valence-corrected chi connectivity index (χ0v) is 34.3. The van der Waals surface area contributed by atoms with E-state index in [2.05, 4.69) is 20.0 Å². The van der Waals surface area contributed by atoms with E-state index < -0.39 is 85.9 Å². The third kappa shape index (κ3) is 8.36. The summed E-state index contributed by atoms with van der Waals surface area (Å²) < 4.78 is 77.8. The van der Waals surface area contributed by atoms with Gasteiger partial charge in [0.05, 0.1) is 27.4 Å². The second kappa shape index (κ2) is 15.2. The van der Waals surface area contributed by atoms with Crippen molar-refractivity contribution in [1.29, 1.82) is 0 Å². The van der Waals surface area contributed by atoms with E-state index in [0.717, 1.165) is 9.78 Å². The Hall–Kier alpha value is -4.26. The lowest BCUT2D eigenvalue weighted by Crippen LogP contribution is -2.66. The number of fused-ring (bicyclic) bond motifs is 2. The number of carbonyl (C=O) groups excluding carboxylic acids is 3. The first kappa shape index (κ1) is 42.3. The summed E-state index contributed by atoms with van der Waals surface area (Å²) in [5.41, 5.74) is -1.94. The van der Waals surface area contributed by atoms with Crippen molar-refractivity contribution in [2.45, 2.75) is 127 Å². The van der Waals surface area contributed by atoms with Crippen molar-refractivity contribution < 1.29 is 50.6 Å². The molecule has 0 radical (unpaired) electrons.